The van der Waals surface area contributed by atoms with Gasteiger partial charge in [-0.15, -0.1) is 0 Å². The van der Waals surface area contributed by atoms with E-state index >= 15 is 0 Å². The maximum Gasteiger partial charge on any atom is 0.257 e. The lowest BCUT2D eigenvalue weighted by atomic mass is 10.2. The van der Waals surface area contributed by atoms with Gasteiger partial charge in [0.15, 0.2) is 0 Å². The van der Waals surface area contributed by atoms with Gasteiger partial charge in [0.05, 0.1) is 24.3 Å². The number of para-hydroxylation sites is 1. The smallest absolute Gasteiger partial charge is 0.257 e. The number of hydrogen-bond acceptors (Lipinski definition) is 4. The van der Waals surface area contributed by atoms with Crippen LogP contribution < -0.4 is 4.74 Å². The van der Waals surface area contributed by atoms with E-state index in [0.717, 1.165) is 0 Å². The second kappa shape index (κ2) is 5.81. The third-order valence-corrected chi connectivity index (χ3v) is 3.80. The van der Waals surface area contributed by atoms with E-state index in [0.29, 0.717) is 23.6 Å². The fourth-order valence-electron chi connectivity index (χ4n) is 2.69. The lowest BCUT2D eigenvalue weighted by molar-refractivity contribution is 0.0729. The van der Waals surface area contributed by atoms with Crippen molar-refractivity contribution in [1.82, 2.24) is 14.7 Å². The minimum atomic E-state index is -0.693. The monoisotopic (exact) mass is 301 g/mol. The zero-order chi connectivity index (χ0) is 15.7. The fourth-order valence-corrected chi connectivity index (χ4v) is 2.69. The van der Waals surface area contributed by atoms with Crippen LogP contribution in [0.2, 0.25) is 0 Å². The molecule has 6 heteroatoms. The van der Waals surface area contributed by atoms with Crippen molar-refractivity contribution >= 4 is 5.91 Å². The first-order valence-electron chi connectivity index (χ1n) is 7.24. The summed E-state index contributed by atoms with van der Waals surface area (Å²) in [6.07, 6.45) is 0.597. The molecule has 116 valence electrons. The van der Waals surface area contributed by atoms with Crippen LogP contribution in [0, 0.1) is 6.92 Å². The Kier molecular flexibility index (Phi) is 3.85. The van der Waals surface area contributed by atoms with Gasteiger partial charge in [0.1, 0.15) is 18.0 Å². The molecule has 0 radical (unpaired) electrons. The van der Waals surface area contributed by atoms with Gasteiger partial charge < -0.3 is 14.7 Å². The summed E-state index contributed by atoms with van der Waals surface area (Å²) in [7, 11) is 1.78. The van der Waals surface area contributed by atoms with Crippen LogP contribution in [-0.2, 0) is 7.05 Å². The number of likely N-dealkylation sites (tertiary alicyclic amines) is 1. The number of nitrogens with zero attached hydrogens (tertiary/aromatic N) is 3. The molecule has 3 rings (SSSR count). The number of aliphatic hydroxyl groups excluding tert-OH is 1. The number of amides is 1. The van der Waals surface area contributed by atoms with Gasteiger partial charge in [-0.25, -0.2) is 0 Å². The Morgan fingerprint density at radius 1 is 1.32 bits per heavy atom. The first-order chi connectivity index (χ1) is 10.5. The summed E-state index contributed by atoms with van der Waals surface area (Å²) in [4.78, 5) is 14.1. The molecule has 2 heterocycles. The average Bonchev–Trinajstić information content (AvgIpc) is 3.02. The highest BCUT2D eigenvalue weighted by molar-refractivity contribution is 5.95. The van der Waals surface area contributed by atoms with E-state index in [1.807, 2.05) is 30.3 Å². The van der Waals surface area contributed by atoms with Crippen molar-refractivity contribution in [3.05, 3.63) is 47.8 Å². The number of β-amino-alcohol motifs (C(OH)–C–C–N with tert-alkyl or cyclic N) is 1. The number of rotatable bonds is 3. The number of aliphatic hydroxyl groups is 1. The maximum absolute atomic E-state index is 12.5. The molecule has 0 spiro atoms. The molecule has 1 amide bonds. The topological polar surface area (TPSA) is 67.6 Å². The molecule has 1 aliphatic heterocycles. The highest BCUT2D eigenvalue weighted by Crippen LogP contribution is 2.20. The van der Waals surface area contributed by atoms with Gasteiger partial charge in [0.25, 0.3) is 5.91 Å². The van der Waals surface area contributed by atoms with Crippen LogP contribution in [0.1, 0.15) is 16.1 Å². The van der Waals surface area contributed by atoms with Crippen LogP contribution >= 0.6 is 0 Å². The summed E-state index contributed by atoms with van der Waals surface area (Å²) in [5.74, 6) is 0.571. The molecule has 0 bridgehead atoms. The molecule has 1 saturated heterocycles. The number of carbonyl (C=O) groups excluding carboxylic acids is 1. The van der Waals surface area contributed by atoms with E-state index < -0.39 is 12.2 Å². The molecule has 1 N–H and O–H groups in total. The predicted octanol–water partition coefficient (Wildman–Crippen LogP) is 0.993. The highest BCUT2D eigenvalue weighted by Gasteiger charge is 2.36. The van der Waals surface area contributed by atoms with Gasteiger partial charge in [0, 0.05) is 13.2 Å². The largest absolute Gasteiger partial charge is 0.486 e. The van der Waals surface area contributed by atoms with Crippen LogP contribution in [-0.4, -0.2) is 51.0 Å². The molecule has 1 fully saturated rings. The Bertz CT molecular complexity index is 669. The van der Waals surface area contributed by atoms with E-state index in [9.17, 15) is 9.90 Å². The first kappa shape index (κ1) is 14.6. The maximum atomic E-state index is 12.5. The Balaban J connectivity index is 1.70. The lowest BCUT2D eigenvalue weighted by Gasteiger charge is -2.17. The Morgan fingerprint density at radius 3 is 2.68 bits per heavy atom. The van der Waals surface area contributed by atoms with Crippen molar-refractivity contribution in [3.63, 3.8) is 0 Å². The SMILES string of the molecule is Cc1nn(C)cc1C(=O)N1C[C@@H](O)[C@H](Oc2ccccc2)C1. The van der Waals surface area contributed by atoms with Gasteiger partial charge in [-0.3, -0.25) is 9.48 Å². The summed E-state index contributed by atoms with van der Waals surface area (Å²) < 4.78 is 7.39. The average molecular weight is 301 g/mol. The number of ether oxygens (including phenoxy) is 1. The van der Waals surface area contributed by atoms with Crippen molar-refractivity contribution in [2.45, 2.75) is 19.1 Å². The van der Waals surface area contributed by atoms with Crippen molar-refractivity contribution in [2.75, 3.05) is 13.1 Å². The molecule has 1 aromatic heterocycles. The second-order valence-electron chi connectivity index (χ2n) is 5.55. The van der Waals surface area contributed by atoms with Crippen molar-refractivity contribution in [3.8, 4) is 5.75 Å². The molecule has 22 heavy (non-hydrogen) atoms. The van der Waals surface area contributed by atoms with Gasteiger partial charge in [-0.2, -0.15) is 5.10 Å². The van der Waals surface area contributed by atoms with Crippen LogP contribution in [0.25, 0.3) is 0 Å². The molecule has 2 aromatic rings. The minimum Gasteiger partial charge on any atom is -0.486 e. The number of aromatic nitrogens is 2. The zero-order valence-electron chi connectivity index (χ0n) is 12.6. The number of benzene rings is 1. The molecule has 1 aromatic carbocycles. The predicted molar refractivity (Wildman–Crippen MR) is 80.7 cm³/mol. The molecule has 1 aliphatic rings. The molecular formula is C16H19N3O3. The fraction of sp³-hybridized carbons (Fsp3) is 0.375. The molecule has 0 unspecified atom stereocenters. The van der Waals surface area contributed by atoms with Crippen molar-refractivity contribution < 1.29 is 14.6 Å². The van der Waals surface area contributed by atoms with E-state index in [1.54, 1.807) is 29.7 Å². The van der Waals surface area contributed by atoms with E-state index in [4.69, 9.17) is 4.74 Å². The number of carbonyl (C=O) groups is 1. The van der Waals surface area contributed by atoms with Crippen molar-refractivity contribution in [2.24, 2.45) is 7.05 Å². The summed E-state index contributed by atoms with van der Waals surface area (Å²) in [6, 6.07) is 9.32. The molecule has 0 saturated carbocycles. The van der Waals surface area contributed by atoms with Gasteiger partial charge in [-0.1, -0.05) is 18.2 Å². The number of hydrogen-bond donors (Lipinski definition) is 1. The van der Waals surface area contributed by atoms with E-state index in [-0.39, 0.29) is 12.5 Å². The van der Waals surface area contributed by atoms with Crippen LogP contribution in [0.5, 0.6) is 5.75 Å². The van der Waals surface area contributed by atoms with E-state index in [2.05, 4.69) is 5.10 Å². The van der Waals surface area contributed by atoms with Crippen molar-refractivity contribution in [1.29, 1.82) is 0 Å². The van der Waals surface area contributed by atoms with Crippen LogP contribution in [0.4, 0.5) is 0 Å². The highest BCUT2D eigenvalue weighted by atomic mass is 16.5. The summed E-state index contributed by atoms with van der Waals surface area (Å²) >= 11 is 0. The van der Waals surface area contributed by atoms with Crippen LogP contribution in [0.3, 0.4) is 0 Å². The minimum absolute atomic E-state index is 0.121. The normalized spacial score (nSPS) is 21.1. The van der Waals surface area contributed by atoms with E-state index in [1.165, 1.54) is 0 Å². The second-order valence-corrected chi connectivity index (χ2v) is 5.55. The first-order valence-corrected chi connectivity index (χ1v) is 7.24. The van der Waals surface area contributed by atoms with Gasteiger partial charge >= 0.3 is 0 Å². The molecule has 2 atom stereocenters. The van der Waals surface area contributed by atoms with Gasteiger partial charge in [0.2, 0.25) is 0 Å². The number of aryl methyl sites for hydroxylation is 2. The summed E-state index contributed by atoms with van der Waals surface area (Å²) in [5, 5.41) is 14.3. The summed E-state index contributed by atoms with van der Waals surface area (Å²) in [5.41, 5.74) is 1.25. The van der Waals surface area contributed by atoms with Crippen LogP contribution in [0.15, 0.2) is 36.5 Å². The molecular weight excluding hydrogens is 282 g/mol. The Morgan fingerprint density at radius 2 is 2.05 bits per heavy atom. The standard InChI is InChI=1S/C16H19N3O3/c1-11-13(8-18(2)17-11)16(21)19-9-14(20)15(10-19)22-12-6-4-3-5-7-12/h3-8,14-15,20H,9-10H2,1-2H3/t14-,15-/m1/s1. The Hall–Kier alpha value is -2.34. The van der Waals surface area contributed by atoms with Gasteiger partial charge in [-0.05, 0) is 19.1 Å². The third kappa shape index (κ3) is 2.82. The molecule has 0 aliphatic carbocycles. The summed E-state index contributed by atoms with van der Waals surface area (Å²) in [6.45, 7) is 2.44. The lowest BCUT2D eigenvalue weighted by Crippen LogP contribution is -2.31. The third-order valence-electron chi connectivity index (χ3n) is 3.80. The molecule has 6 nitrogen and oxygen atoms in total. The quantitative estimate of drug-likeness (QED) is 0.918. The Labute approximate surface area is 128 Å². The zero-order valence-corrected chi connectivity index (χ0v) is 12.6.